The van der Waals surface area contributed by atoms with Crippen LogP contribution in [0.15, 0.2) is 36.7 Å². The number of nitrogens with zero attached hydrogens (tertiary/aromatic N) is 5. The van der Waals surface area contributed by atoms with E-state index in [-0.39, 0.29) is 5.82 Å². The van der Waals surface area contributed by atoms with Gasteiger partial charge in [-0.3, -0.25) is 4.79 Å². The van der Waals surface area contributed by atoms with Crippen molar-refractivity contribution in [2.75, 3.05) is 5.32 Å². The summed E-state index contributed by atoms with van der Waals surface area (Å²) in [6.45, 7) is 0. The summed E-state index contributed by atoms with van der Waals surface area (Å²) in [7, 11) is 0. The number of benzene rings is 1. The number of carbonyl (C=O) groups excluding carboxylic acids is 1. The summed E-state index contributed by atoms with van der Waals surface area (Å²) in [5.41, 5.74) is 1.17. The van der Waals surface area contributed by atoms with Crippen molar-refractivity contribution in [3.8, 4) is 5.69 Å². The molecule has 3 rings (SSSR count). The molecule has 2 heterocycles. The lowest BCUT2D eigenvalue weighted by Crippen LogP contribution is -2.15. The molecule has 0 unspecified atom stereocenters. The van der Waals surface area contributed by atoms with Crippen molar-refractivity contribution < 1.29 is 4.79 Å². The summed E-state index contributed by atoms with van der Waals surface area (Å²) < 4.78 is 1.61. The lowest BCUT2D eigenvalue weighted by molar-refractivity contribution is 0.101. The Kier molecular flexibility index (Phi) is 3.13. The second kappa shape index (κ2) is 5.10. The molecule has 100 valence electrons. The van der Waals surface area contributed by atoms with Crippen LogP contribution in [0.4, 0.5) is 5.69 Å². The Morgan fingerprint density at radius 3 is 3.00 bits per heavy atom. The molecule has 0 aliphatic carbocycles. The third-order valence-electron chi connectivity index (χ3n) is 2.51. The molecule has 1 amide bonds. The molecule has 0 aliphatic rings. The number of hydrogen-bond acceptors (Lipinski definition) is 5. The predicted octanol–water partition coefficient (Wildman–Crippen LogP) is 1.29. The number of aromatic amines is 1. The van der Waals surface area contributed by atoms with Gasteiger partial charge >= 0.3 is 0 Å². The molecule has 0 spiro atoms. The zero-order chi connectivity index (χ0) is 13.9. The van der Waals surface area contributed by atoms with E-state index in [2.05, 4.69) is 31.0 Å². The summed E-state index contributed by atoms with van der Waals surface area (Å²) in [4.78, 5) is 11.9. The Morgan fingerprint density at radius 1 is 1.40 bits per heavy atom. The molecule has 0 saturated heterocycles. The van der Waals surface area contributed by atoms with Crippen LogP contribution in [0.1, 0.15) is 10.6 Å². The van der Waals surface area contributed by atoms with Gasteiger partial charge in [-0.15, -0.1) is 10.2 Å². The minimum absolute atomic E-state index is 0.0589. The second-order valence-electron chi connectivity index (χ2n) is 3.80. The maximum absolute atomic E-state index is 11.9. The molecule has 3 aromatic rings. The first-order valence-corrected chi connectivity index (χ1v) is 5.96. The number of anilines is 1. The van der Waals surface area contributed by atoms with E-state index < -0.39 is 5.91 Å². The molecule has 8 nitrogen and oxygen atoms in total. The highest BCUT2D eigenvalue weighted by Crippen LogP contribution is 2.24. The standard InChI is InChI=1S/C11H8ClN7O/c12-7-2-3-9(19-5-1-4-13-19)8(6-7)14-11(20)10-15-17-18-16-10/h1-6H,(H,14,20)(H,15,16,17,18). The molecular formula is C11H8ClN7O. The quantitative estimate of drug-likeness (QED) is 0.756. The Hall–Kier alpha value is -2.74. The summed E-state index contributed by atoms with van der Waals surface area (Å²) in [5.74, 6) is -0.550. The van der Waals surface area contributed by atoms with Crippen molar-refractivity contribution in [1.82, 2.24) is 30.4 Å². The average molecular weight is 290 g/mol. The van der Waals surface area contributed by atoms with Gasteiger partial charge in [0.15, 0.2) is 0 Å². The monoisotopic (exact) mass is 289 g/mol. The summed E-state index contributed by atoms with van der Waals surface area (Å²) in [6, 6.07) is 6.86. The fraction of sp³-hybridized carbons (Fsp3) is 0. The van der Waals surface area contributed by atoms with Crippen molar-refractivity contribution in [3.63, 3.8) is 0 Å². The van der Waals surface area contributed by atoms with Crippen LogP contribution in [0.3, 0.4) is 0 Å². The number of carbonyl (C=O) groups is 1. The molecule has 0 saturated carbocycles. The van der Waals surface area contributed by atoms with Crippen molar-refractivity contribution in [2.24, 2.45) is 0 Å². The molecule has 1 aromatic carbocycles. The Morgan fingerprint density at radius 2 is 2.30 bits per heavy atom. The highest BCUT2D eigenvalue weighted by Gasteiger charge is 2.14. The van der Waals surface area contributed by atoms with E-state index in [9.17, 15) is 4.79 Å². The van der Waals surface area contributed by atoms with E-state index in [1.807, 2.05) is 0 Å². The molecule has 0 aliphatic heterocycles. The molecule has 0 atom stereocenters. The van der Waals surface area contributed by atoms with Crippen molar-refractivity contribution in [2.45, 2.75) is 0 Å². The zero-order valence-corrected chi connectivity index (χ0v) is 10.7. The lowest BCUT2D eigenvalue weighted by Gasteiger charge is -2.10. The maximum Gasteiger partial charge on any atom is 0.297 e. The number of rotatable bonds is 3. The Bertz CT molecular complexity index is 723. The molecule has 0 bridgehead atoms. The van der Waals surface area contributed by atoms with E-state index in [1.54, 1.807) is 41.3 Å². The van der Waals surface area contributed by atoms with Gasteiger partial charge in [0.1, 0.15) is 0 Å². The minimum atomic E-state index is -0.491. The molecule has 20 heavy (non-hydrogen) atoms. The second-order valence-corrected chi connectivity index (χ2v) is 4.24. The average Bonchev–Trinajstić information content (AvgIpc) is 3.12. The van der Waals surface area contributed by atoms with Crippen LogP contribution in [0, 0.1) is 0 Å². The highest BCUT2D eigenvalue weighted by atomic mass is 35.5. The van der Waals surface area contributed by atoms with Gasteiger partial charge in [0.25, 0.3) is 11.7 Å². The van der Waals surface area contributed by atoms with Crippen LogP contribution in [0.25, 0.3) is 5.69 Å². The highest BCUT2D eigenvalue weighted by molar-refractivity contribution is 6.31. The van der Waals surface area contributed by atoms with Crippen molar-refractivity contribution in [3.05, 3.63) is 47.5 Å². The molecule has 0 radical (unpaired) electrons. The van der Waals surface area contributed by atoms with E-state index >= 15 is 0 Å². The number of H-pyrrole nitrogens is 1. The van der Waals surface area contributed by atoms with Crippen LogP contribution in [-0.2, 0) is 0 Å². The number of tetrazole rings is 1. The SMILES string of the molecule is O=C(Nc1cc(Cl)ccc1-n1cccn1)c1nn[nH]n1. The largest absolute Gasteiger partial charge is 0.317 e. The van der Waals surface area contributed by atoms with Gasteiger partial charge < -0.3 is 5.32 Å². The first kappa shape index (κ1) is 12.3. The molecule has 2 N–H and O–H groups in total. The number of amides is 1. The van der Waals surface area contributed by atoms with Gasteiger partial charge in [0, 0.05) is 17.4 Å². The molecular weight excluding hydrogens is 282 g/mol. The summed E-state index contributed by atoms with van der Waals surface area (Å²) in [5, 5.41) is 20.1. The van der Waals surface area contributed by atoms with E-state index in [0.29, 0.717) is 16.4 Å². The fourth-order valence-corrected chi connectivity index (χ4v) is 1.83. The molecule has 0 fully saturated rings. The van der Waals surface area contributed by atoms with E-state index in [4.69, 9.17) is 11.6 Å². The lowest BCUT2D eigenvalue weighted by atomic mass is 10.2. The van der Waals surface area contributed by atoms with E-state index in [1.165, 1.54) is 0 Å². The Balaban J connectivity index is 1.96. The van der Waals surface area contributed by atoms with Crippen LogP contribution < -0.4 is 5.32 Å². The van der Waals surface area contributed by atoms with Crippen LogP contribution in [-0.4, -0.2) is 36.3 Å². The van der Waals surface area contributed by atoms with Crippen molar-refractivity contribution in [1.29, 1.82) is 0 Å². The number of nitrogens with one attached hydrogen (secondary N) is 2. The topological polar surface area (TPSA) is 101 Å². The normalized spacial score (nSPS) is 10.4. The predicted molar refractivity (Wildman–Crippen MR) is 70.7 cm³/mol. The summed E-state index contributed by atoms with van der Waals surface area (Å²) in [6.07, 6.45) is 3.40. The van der Waals surface area contributed by atoms with Crippen LogP contribution in [0.2, 0.25) is 5.02 Å². The van der Waals surface area contributed by atoms with Gasteiger partial charge in [-0.25, -0.2) is 4.68 Å². The maximum atomic E-state index is 11.9. The smallest absolute Gasteiger partial charge is 0.297 e. The first-order chi connectivity index (χ1) is 9.74. The third-order valence-corrected chi connectivity index (χ3v) is 2.74. The van der Waals surface area contributed by atoms with Crippen LogP contribution >= 0.6 is 11.6 Å². The Labute approximate surface area is 117 Å². The van der Waals surface area contributed by atoms with Crippen molar-refractivity contribution >= 4 is 23.2 Å². The van der Waals surface area contributed by atoms with Gasteiger partial charge in [0.2, 0.25) is 0 Å². The molecule has 9 heteroatoms. The van der Waals surface area contributed by atoms with E-state index in [0.717, 1.165) is 0 Å². The third kappa shape index (κ3) is 2.36. The van der Waals surface area contributed by atoms with Crippen LogP contribution in [0.5, 0.6) is 0 Å². The fourth-order valence-electron chi connectivity index (χ4n) is 1.66. The number of hydrogen-bond donors (Lipinski definition) is 2. The zero-order valence-electron chi connectivity index (χ0n) is 9.99. The van der Waals surface area contributed by atoms with Gasteiger partial charge in [-0.1, -0.05) is 11.6 Å². The van der Waals surface area contributed by atoms with Gasteiger partial charge in [0.05, 0.1) is 11.4 Å². The summed E-state index contributed by atoms with van der Waals surface area (Å²) >= 11 is 5.96. The molecule has 2 aromatic heterocycles. The van der Waals surface area contributed by atoms with Gasteiger partial charge in [-0.2, -0.15) is 10.3 Å². The minimum Gasteiger partial charge on any atom is -0.317 e. The number of halogens is 1. The first-order valence-electron chi connectivity index (χ1n) is 5.58. The van der Waals surface area contributed by atoms with Gasteiger partial charge in [-0.05, 0) is 29.5 Å². The number of aromatic nitrogens is 6.